The molecule has 3 nitrogen and oxygen atoms in total. The van der Waals surface area contributed by atoms with Crippen LogP contribution in [0.15, 0.2) is 16.7 Å². The van der Waals surface area contributed by atoms with Crippen LogP contribution in [0.2, 0.25) is 0 Å². The third-order valence-electron chi connectivity index (χ3n) is 3.46. The van der Waals surface area contributed by atoms with Crippen molar-refractivity contribution in [3.8, 4) is 0 Å². The van der Waals surface area contributed by atoms with Crippen LogP contribution in [0.25, 0.3) is 0 Å². The Bertz CT molecular complexity index is 360. The largest absolute Gasteiger partial charge is 0.469 e. The molecule has 1 rings (SSSR count). The van der Waals surface area contributed by atoms with Gasteiger partial charge < -0.3 is 9.32 Å². The Kier molecular flexibility index (Phi) is 4.79. The highest BCUT2D eigenvalue weighted by Crippen LogP contribution is 2.19. The van der Waals surface area contributed by atoms with Crippen molar-refractivity contribution in [2.75, 3.05) is 0 Å². The topological polar surface area (TPSA) is 33.5 Å². The second-order valence-electron chi connectivity index (χ2n) is 4.62. The molecule has 0 aromatic carbocycles. The van der Waals surface area contributed by atoms with Crippen molar-refractivity contribution in [3.63, 3.8) is 0 Å². The van der Waals surface area contributed by atoms with Crippen molar-refractivity contribution in [3.05, 3.63) is 23.7 Å². The Labute approximate surface area is 104 Å². The molecule has 1 aromatic rings. The molecule has 2 unspecified atom stereocenters. The van der Waals surface area contributed by atoms with Gasteiger partial charge in [0.05, 0.1) is 11.8 Å². The number of amides is 1. The van der Waals surface area contributed by atoms with Crippen LogP contribution < -0.4 is 0 Å². The normalized spacial score (nSPS) is 14.4. The molecule has 1 aromatic heterocycles. The van der Waals surface area contributed by atoms with E-state index in [9.17, 15) is 4.79 Å². The Hall–Kier alpha value is -1.25. The van der Waals surface area contributed by atoms with E-state index in [1.54, 1.807) is 12.3 Å². The third-order valence-corrected chi connectivity index (χ3v) is 3.46. The molecule has 0 bridgehead atoms. The predicted octanol–water partition coefficient (Wildman–Crippen LogP) is 3.63. The fourth-order valence-corrected chi connectivity index (χ4v) is 1.97. The van der Waals surface area contributed by atoms with E-state index in [1.165, 1.54) is 0 Å². The zero-order valence-electron chi connectivity index (χ0n) is 11.5. The maximum Gasteiger partial charge on any atom is 0.257 e. The van der Waals surface area contributed by atoms with Crippen LogP contribution in [-0.4, -0.2) is 22.9 Å². The molecule has 0 radical (unpaired) electrons. The van der Waals surface area contributed by atoms with Gasteiger partial charge in [0.2, 0.25) is 0 Å². The van der Waals surface area contributed by atoms with Gasteiger partial charge >= 0.3 is 0 Å². The Morgan fingerprint density at radius 1 is 1.29 bits per heavy atom. The lowest BCUT2D eigenvalue weighted by Gasteiger charge is -2.33. The quantitative estimate of drug-likeness (QED) is 0.783. The first-order valence-electron chi connectivity index (χ1n) is 6.39. The lowest BCUT2D eigenvalue weighted by atomic mass is 10.1. The Morgan fingerprint density at radius 3 is 2.18 bits per heavy atom. The van der Waals surface area contributed by atoms with Gasteiger partial charge in [-0.15, -0.1) is 0 Å². The highest BCUT2D eigenvalue weighted by molar-refractivity contribution is 5.95. The molecule has 1 amide bonds. The molecule has 0 N–H and O–H groups in total. The van der Waals surface area contributed by atoms with Gasteiger partial charge in [-0.05, 0) is 39.7 Å². The summed E-state index contributed by atoms with van der Waals surface area (Å²) in [6, 6.07) is 2.27. The Balaban J connectivity index is 2.99. The smallest absolute Gasteiger partial charge is 0.257 e. The lowest BCUT2D eigenvalue weighted by molar-refractivity contribution is 0.0596. The second kappa shape index (κ2) is 5.89. The maximum atomic E-state index is 12.5. The lowest BCUT2D eigenvalue weighted by Crippen LogP contribution is -2.44. The van der Waals surface area contributed by atoms with Crippen LogP contribution in [0.4, 0.5) is 0 Å². The predicted molar refractivity (Wildman–Crippen MR) is 69.1 cm³/mol. The molecule has 0 saturated carbocycles. The zero-order chi connectivity index (χ0) is 13.0. The highest BCUT2D eigenvalue weighted by Gasteiger charge is 2.26. The second-order valence-corrected chi connectivity index (χ2v) is 4.62. The van der Waals surface area contributed by atoms with Crippen molar-refractivity contribution in [2.45, 2.75) is 59.5 Å². The number of hydrogen-bond donors (Lipinski definition) is 0. The van der Waals surface area contributed by atoms with Gasteiger partial charge in [-0.25, -0.2) is 0 Å². The molecule has 3 heteroatoms. The molecule has 1 heterocycles. The van der Waals surface area contributed by atoms with E-state index in [1.807, 2.05) is 11.8 Å². The van der Waals surface area contributed by atoms with E-state index in [4.69, 9.17) is 4.42 Å². The summed E-state index contributed by atoms with van der Waals surface area (Å²) in [7, 11) is 0. The summed E-state index contributed by atoms with van der Waals surface area (Å²) in [4.78, 5) is 14.5. The van der Waals surface area contributed by atoms with Gasteiger partial charge in [-0.3, -0.25) is 4.79 Å². The average Bonchev–Trinajstić information content (AvgIpc) is 2.74. The van der Waals surface area contributed by atoms with E-state index >= 15 is 0 Å². The molecular formula is C14H23NO2. The molecule has 0 saturated heterocycles. The van der Waals surface area contributed by atoms with Gasteiger partial charge in [0.1, 0.15) is 5.76 Å². The molecule has 96 valence electrons. The van der Waals surface area contributed by atoms with E-state index in [2.05, 4.69) is 27.7 Å². The van der Waals surface area contributed by atoms with Crippen molar-refractivity contribution in [1.82, 2.24) is 4.90 Å². The fourth-order valence-electron chi connectivity index (χ4n) is 1.97. The summed E-state index contributed by atoms with van der Waals surface area (Å²) in [5.74, 6) is 0.784. The molecule has 17 heavy (non-hydrogen) atoms. The van der Waals surface area contributed by atoms with Crippen LogP contribution in [-0.2, 0) is 0 Å². The molecule has 0 spiro atoms. The number of carbonyl (C=O) groups excluding carboxylic acids is 1. The van der Waals surface area contributed by atoms with E-state index in [-0.39, 0.29) is 18.0 Å². The minimum atomic E-state index is 0.0833. The van der Waals surface area contributed by atoms with E-state index in [0.717, 1.165) is 12.8 Å². The molecular weight excluding hydrogens is 214 g/mol. The fraction of sp³-hybridized carbons (Fsp3) is 0.643. The summed E-state index contributed by atoms with van der Waals surface area (Å²) in [6.07, 6.45) is 3.51. The van der Waals surface area contributed by atoms with Crippen LogP contribution >= 0.6 is 0 Å². The summed E-state index contributed by atoms with van der Waals surface area (Å²) in [5.41, 5.74) is 0.686. The number of aryl methyl sites for hydroxylation is 1. The highest BCUT2D eigenvalue weighted by atomic mass is 16.3. The minimum Gasteiger partial charge on any atom is -0.469 e. The maximum absolute atomic E-state index is 12.5. The molecule has 0 aliphatic heterocycles. The molecule has 2 atom stereocenters. The first kappa shape index (κ1) is 13.8. The SMILES string of the molecule is CCC(C)N(C(=O)c1ccoc1C)C(C)CC. The minimum absolute atomic E-state index is 0.0833. The van der Waals surface area contributed by atoms with Crippen LogP contribution in [0, 0.1) is 6.92 Å². The van der Waals surface area contributed by atoms with Gasteiger partial charge in [0, 0.05) is 12.1 Å². The monoisotopic (exact) mass is 237 g/mol. The van der Waals surface area contributed by atoms with Gasteiger partial charge in [-0.1, -0.05) is 13.8 Å². The van der Waals surface area contributed by atoms with Crippen molar-refractivity contribution >= 4 is 5.91 Å². The average molecular weight is 237 g/mol. The first-order valence-corrected chi connectivity index (χ1v) is 6.39. The van der Waals surface area contributed by atoms with E-state index in [0.29, 0.717) is 11.3 Å². The molecule has 0 aliphatic rings. The van der Waals surface area contributed by atoms with Crippen LogP contribution in [0.5, 0.6) is 0 Å². The van der Waals surface area contributed by atoms with Gasteiger partial charge in [0.15, 0.2) is 0 Å². The number of furan rings is 1. The number of nitrogens with zero attached hydrogens (tertiary/aromatic N) is 1. The third kappa shape index (κ3) is 2.90. The molecule has 0 aliphatic carbocycles. The zero-order valence-corrected chi connectivity index (χ0v) is 11.5. The Morgan fingerprint density at radius 2 is 1.82 bits per heavy atom. The summed E-state index contributed by atoms with van der Waals surface area (Å²) in [6.45, 7) is 10.2. The number of rotatable bonds is 5. The van der Waals surface area contributed by atoms with Gasteiger partial charge in [-0.2, -0.15) is 0 Å². The van der Waals surface area contributed by atoms with Crippen molar-refractivity contribution in [1.29, 1.82) is 0 Å². The summed E-state index contributed by atoms with van der Waals surface area (Å²) < 4.78 is 5.22. The van der Waals surface area contributed by atoms with Crippen LogP contribution in [0.1, 0.15) is 56.7 Å². The number of hydrogen-bond acceptors (Lipinski definition) is 2. The van der Waals surface area contributed by atoms with Crippen molar-refractivity contribution < 1.29 is 9.21 Å². The summed E-state index contributed by atoms with van der Waals surface area (Å²) >= 11 is 0. The first-order chi connectivity index (χ1) is 8.02. The van der Waals surface area contributed by atoms with E-state index < -0.39 is 0 Å². The number of carbonyl (C=O) groups is 1. The molecule has 0 fully saturated rings. The standard InChI is InChI=1S/C14H23NO2/c1-6-10(3)15(11(4)7-2)14(16)13-8-9-17-12(13)5/h8-11H,6-7H2,1-5H3. The van der Waals surface area contributed by atoms with Crippen LogP contribution in [0.3, 0.4) is 0 Å². The van der Waals surface area contributed by atoms with Gasteiger partial charge in [0.25, 0.3) is 5.91 Å². The summed E-state index contributed by atoms with van der Waals surface area (Å²) in [5, 5.41) is 0. The van der Waals surface area contributed by atoms with Crippen molar-refractivity contribution in [2.24, 2.45) is 0 Å².